The Bertz CT molecular complexity index is 2780. The second-order valence-electron chi connectivity index (χ2n) is 13.5. The van der Waals surface area contributed by atoms with Crippen molar-refractivity contribution in [3.05, 3.63) is 180 Å². The third-order valence-electron chi connectivity index (χ3n) is 10.1. The van der Waals surface area contributed by atoms with E-state index in [0.717, 1.165) is 39.0 Å². The molecule has 0 spiro atoms. The molecule has 1 heterocycles. The number of para-hydroxylation sites is 1. The molecule has 7 aromatic carbocycles. The zero-order valence-corrected chi connectivity index (χ0v) is 27.8. The summed E-state index contributed by atoms with van der Waals surface area (Å²) in [6.45, 7) is 4.61. The molecule has 1 aliphatic rings. The summed E-state index contributed by atoms with van der Waals surface area (Å²) in [4.78, 5) is 6.85. The fourth-order valence-corrected chi connectivity index (χ4v) is 7.50. The van der Waals surface area contributed by atoms with E-state index in [4.69, 9.17) is 7.73 Å². The molecular formula is C47H33N3. The molecule has 0 radical (unpaired) electrons. The van der Waals surface area contributed by atoms with Gasteiger partial charge in [-0.3, -0.25) is 4.98 Å². The summed E-state index contributed by atoms with van der Waals surface area (Å²) in [6, 6.07) is 51.7. The Morgan fingerprint density at radius 1 is 0.600 bits per heavy atom. The van der Waals surface area contributed by atoms with Gasteiger partial charge in [0.25, 0.3) is 0 Å². The van der Waals surface area contributed by atoms with Crippen LogP contribution in [0.15, 0.2) is 152 Å². The zero-order valence-electron chi connectivity index (χ0n) is 29.8. The van der Waals surface area contributed by atoms with E-state index in [0.29, 0.717) is 16.8 Å². The van der Waals surface area contributed by atoms with Crippen molar-refractivity contribution in [2.75, 3.05) is 4.90 Å². The summed E-state index contributed by atoms with van der Waals surface area (Å²) in [7, 11) is 0. The molecule has 0 bridgehead atoms. The Kier molecular flexibility index (Phi) is 6.36. The largest absolute Gasteiger partial charge is 0.310 e. The van der Waals surface area contributed by atoms with Crippen molar-refractivity contribution in [2.45, 2.75) is 19.3 Å². The number of benzene rings is 7. The van der Waals surface area contributed by atoms with Gasteiger partial charge < -0.3 is 4.90 Å². The SMILES string of the molecule is [2H]/C(=C(/[2H])c1ccc(-c2cc3c4c(ccc5cccc(c54)C3(C)C)c2)cn1)c1ccc2cc(N(c3ccccc3)c3ccc(C#N)cc3)ccc2c1. The Morgan fingerprint density at radius 3 is 2.12 bits per heavy atom. The number of hydrogen-bond acceptors (Lipinski definition) is 3. The molecule has 3 nitrogen and oxygen atoms in total. The molecule has 0 unspecified atom stereocenters. The monoisotopic (exact) mass is 641 g/mol. The van der Waals surface area contributed by atoms with Gasteiger partial charge in [0.05, 0.1) is 20.1 Å². The minimum absolute atomic E-state index is 0.0784. The maximum Gasteiger partial charge on any atom is 0.0991 e. The number of anilines is 3. The van der Waals surface area contributed by atoms with E-state index < -0.39 is 0 Å². The molecule has 50 heavy (non-hydrogen) atoms. The Balaban J connectivity index is 1.02. The third kappa shape index (κ3) is 4.93. The lowest BCUT2D eigenvalue weighted by atomic mass is 9.81. The summed E-state index contributed by atoms with van der Waals surface area (Å²) in [5, 5.41) is 16.5. The standard InChI is InChI=1S/C47H33N3/c1-47(2)43-10-6-7-33-16-17-36-26-38(28-44(47)46(36)45(33)43)37-18-21-39(49-30-37)20-12-31-11-15-35-27-42(24-19-34(35)25-31)50(40-8-4-3-5-9-40)41-22-13-32(29-48)14-23-41/h3-28,30H,1-2H3/b20-12+/i12D,20D. The lowest BCUT2D eigenvalue weighted by Crippen LogP contribution is -2.15. The molecule has 0 fully saturated rings. The molecule has 0 aliphatic heterocycles. The van der Waals surface area contributed by atoms with E-state index in [1.54, 1.807) is 0 Å². The number of aromatic nitrogens is 1. The van der Waals surface area contributed by atoms with Crippen LogP contribution in [0.5, 0.6) is 0 Å². The third-order valence-corrected chi connectivity index (χ3v) is 10.1. The highest BCUT2D eigenvalue weighted by atomic mass is 15.1. The van der Waals surface area contributed by atoms with E-state index >= 15 is 0 Å². The zero-order chi connectivity index (χ0) is 35.6. The van der Waals surface area contributed by atoms with Crippen LogP contribution < -0.4 is 4.90 Å². The Morgan fingerprint density at radius 2 is 1.32 bits per heavy atom. The van der Waals surface area contributed by atoms with Crippen LogP contribution in [0.1, 0.15) is 44.5 Å². The van der Waals surface area contributed by atoms with Gasteiger partial charge in [0, 0.05) is 34.2 Å². The molecule has 9 rings (SSSR count). The molecule has 0 N–H and O–H groups in total. The normalized spacial score (nSPS) is 14.0. The molecule has 0 atom stereocenters. The smallest absolute Gasteiger partial charge is 0.0991 e. The first-order valence-electron chi connectivity index (χ1n) is 17.8. The van der Waals surface area contributed by atoms with Crippen molar-refractivity contribution >= 4 is 61.5 Å². The first-order valence-corrected chi connectivity index (χ1v) is 16.8. The number of nitrogens with zero attached hydrogens (tertiary/aromatic N) is 3. The number of nitriles is 1. The van der Waals surface area contributed by atoms with Crippen molar-refractivity contribution in [3.8, 4) is 17.2 Å². The Hall–Kier alpha value is -6.50. The molecule has 1 aromatic heterocycles. The number of hydrogen-bond donors (Lipinski definition) is 0. The average Bonchev–Trinajstić information content (AvgIpc) is 3.43. The average molecular weight is 642 g/mol. The van der Waals surface area contributed by atoms with E-state index in [-0.39, 0.29) is 17.5 Å². The first kappa shape index (κ1) is 27.5. The van der Waals surface area contributed by atoms with Crippen LogP contribution in [0.25, 0.3) is 55.5 Å². The predicted octanol–water partition coefficient (Wildman–Crippen LogP) is 12.4. The highest BCUT2D eigenvalue weighted by Gasteiger charge is 2.34. The van der Waals surface area contributed by atoms with Gasteiger partial charge in [0.15, 0.2) is 0 Å². The second-order valence-corrected chi connectivity index (χ2v) is 13.5. The maximum absolute atomic E-state index is 9.32. The summed E-state index contributed by atoms with van der Waals surface area (Å²) >= 11 is 0. The van der Waals surface area contributed by atoms with Crippen molar-refractivity contribution < 1.29 is 2.74 Å². The molecule has 0 saturated carbocycles. The predicted molar refractivity (Wildman–Crippen MR) is 209 cm³/mol. The van der Waals surface area contributed by atoms with Crippen LogP contribution in [0.2, 0.25) is 0 Å². The van der Waals surface area contributed by atoms with Gasteiger partial charge in [-0.25, -0.2) is 0 Å². The van der Waals surface area contributed by atoms with Crippen molar-refractivity contribution in [3.63, 3.8) is 0 Å². The maximum atomic E-state index is 9.32. The lowest BCUT2D eigenvalue weighted by molar-refractivity contribution is 0.663. The number of pyridine rings is 1. The Labute approximate surface area is 294 Å². The molecule has 0 amide bonds. The number of rotatable bonds is 6. The second kappa shape index (κ2) is 11.6. The molecule has 8 aromatic rings. The minimum Gasteiger partial charge on any atom is -0.310 e. The van der Waals surface area contributed by atoms with Crippen LogP contribution in [-0.2, 0) is 5.41 Å². The van der Waals surface area contributed by atoms with Gasteiger partial charge in [0.2, 0.25) is 0 Å². The van der Waals surface area contributed by atoms with Crippen molar-refractivity contribution in [2.24, 2.45) is 0 Å². The van der Waals surface area contributed by atoms with Gasteiger partial charge in [0.1, 0.15) is 0 Å². The van der Waals surface area contributed by atoms with Gasteiger partial charge in [-0.1, -0.05) is 92.7 Å². The fourth-order valence-electron chi connectivity index (χ4n) is 7.50. The topological polar surface area (TPSA) is 39.9 Å². The molecular weight excluding hydrogens is 607 g/mol. The molecule has 1 aliphatic carbocycles. The van der Waals surface area contributed by atoms with Crippen LogP contribution >= 0.6 is 0 Å². The van der Waals surface area contributed by atoms with Gasteiger partial charge in [-0.05, 0) is 133 Å². The van der Waals surface area contributed by atoms with Crippen LogP contribution in [0.4, 0.5) is 17.1 Å². The minimum atomic E-state index is -0.101. The van der Waals surface area contributed by atoms with Crippen molar-refractivity contribution in [1.82, 2.24) is 4.98 Å². The van der Waals surface area contributed by atoms with Crippen molar-refractivity contribution in [1.29, 1.82) is 5.26 Å². The summed E-state index contributed by atoms with van der Waals surface area (Å²) in [5.74, 6) is 0. The first-order chi connectivity index (χ1) is 25.3. The summed E-state index contributed by atoms with van der Waals surface area (Å²) < 4.78 is 17.9. The van der Waals surface area contributed by atoms with E-state index in [1.165, 1.54) is 32.7 Å². The molecule has 3 heteroatoms. The van der Waals surface area contributed by atoms with Crippen LogP contribution in [0, 0.1) is 11.3 Å². The number of fused-ring (bicyclic) bond motifs is 1. The van der Waals surface area contributed by atoms with E-state index in [2.05, 4.69) is 97.6 Å². The summed E-state index contributed by atoms with van der Waals surface area (Å²) in [5.41, 5.74) is 9.35. The molecule has 0 saturated heterocycles. The van der Waals surface area contributed by atoms with E-state index in [9.17, 15) is 5.26 Å². The summed E-state index contributed by atoms with van der Waals surface area (Å²) in [6.07, 6.45) is 1.83. The van der Waals surface area contributed by atoms with Gasteiger partial charge in [-0.15, -0.1) is 0 Å². The fraction of sp³-hybridized carbons (Fsp3) is 0.0638. The van der Waals surface area contributed by atoms with Crippen LogP contribution in [0.3, 0.4) is 0 Å². The van der Waals surface area contributed by atoms with Gasteiger partial charge >= 0.3 is 0 Å². The molecule has 236 valence electrons. The highest BCUT2D eigenvalue weighted by molar-refractivity contribution is 6.15. The van der Waals surface area contributed by atoms with Gasteiger partial charge in [-0.2, -0.15) is 5.26 Å². The quantitative estimate of drug-likeness (QED) is 0.170. The van der Waals surface area contributed by atoms with E-state index in [1.807, 2.05) is 79.0 Å². The highest BCUT2D eigenvalue weighted by Crippen LogP contribution is 2.49. The van der Waals surface area contributed by atoms with Crippen LogP contribution in [-0.4, -0.2) is 4.98 Å². The lowest BCUT2D eigenvalue weighted by Gasteiger charge is -2.25.